The van der Waals surface area contributed by atoms with Gasteiger partial charge in [-0.05, 0) is 30.2 Å². The molecule has 0 spiro atoms. The minimum Gasteiger partial charge on any atom is -0.331 e. The van der Waals surface area contributed by atoms with Crippen molar-refractivity contribution >= 4 is 38.2 Å². The number of carbonyl (C=O) groups is 2. The van der Waals surface area contributed by atoms with Gasteiger partial charge < -0.3 is 4.57 Å². The molecule has 1 amide bonds. The highest BCUT2D eigenvalue weighted by molar-refractivity contribution is 7.89. The van der Waals surface area contributed by atoms with Crippen LogP contribution in [0.2, 0.25) is 0 Å². The van der Waals surface area contributed by atoms with Crippen LogP contribution in [0.25, 0.3) is 16.5 Å². The van der Waals surface area contributed by atoms with Crippen molar-refractivity contribution in [3.05, 3.63) is 88.9 Å². The Kier molecular flexibility index (Phi) is 6.03. The van der Waals surface area contributed by atoms with Gasteiger partial charge in [-0.2, -0.15) is 0 Å². The molecule has 0 unspecified atom stereocenters. The maximum Gasteiger partial charge on any atom is 0.282 e. The summed E-state index contributed by atoms with van der Waals surface area (Å²) in [6.45, 7) is 1.97. The molecule has 2 aromatic carbocycles. The maximum absolute atomic E-state index is 14.5. The van der Waals surface area contributed by atoms with E-state index in [0.717, 1.165) is 18.2 Å². The summed E-state index contributed by atoms with van der Waals surface area (Å²) in [4.78, 5) is 26.1. The first-order valence-corrected chi connectivity index (χ1v) is 12.4. The number of allylic oxidation sites excluding steroid dienone is 4. The number of Topliss-reactive ketones (excluding diaryl/α,β-unsaturated/α-hetero) is 1. The second kappa shape index (κ2) is 8.78. The van der Waals surface area contributed by atoms with Crippen molar-refractivity contribution in [2.75, 3.05) is 6.26 Å². The van der Waals surface area contributed by atoms with Crippen LogP contribution < -0.4 is 4.72 Å². The number of hydrogen-bond acceptors (Lipinski definition) is 4. The Balaban J connectivity index is 2.07. The molecule has 0 aliphatic heterocycles. The number of ketones is 1. The fraction of sp³-hybridized carbons (Fsp3) is 0.200. The van der Waals surface area contributed by atoms with E-state index in [0.29, 0.717) is 27.6 Å². The summed E-state index contributed by atoms with van der Waals surface area (Å²) in [5, 5.41) is 0.638. The first-order valence-electron chi connectivity index (χ1n) is 10.5. The van der Waals surface area contributed by atoms with Crippen LogP contribution in [0.1, 0.15) is 40.5 Å². The summed E-state index contributed by atoms with van der Waals surface area (Å²) in [5.74, 6) is -1.50. The van der Waals surface area contributed by atoms with Gasteiger partial charge in [0, 0.05) is 34.0 Å². The van der Waals surface area contributed by atoms with Crippen LogP contribution in [0.15, 0.2) is 60.7 Å². The topological polar surface area (TPSA) is 85.2 Å². The third-order valence-corrected chi connectivity index (χ3v) is 6.14. The minimum atomic E-state index is -3.89. The fourth-order valence-corrected chi connectivity index (χ4v) is 4.51. The maximum atomic E-state index is 14.5. The van der Waals surface area contributed by atoms with Crippen LogP contribution >= 0.6 is 0 Å². The predicted molar refractivity (Wildman–Crippen MR) is 126 cm³/mol. The number of nitrogens with zero attached hydrogens (tertiary/aromatic N) is 1. The Labute approximate surface area is 191 Å². The molecular weight excluding hydrogens is 443 g/mol. The van der Waals surface area contributed by atoms with Crippen LogP contribution in [0.4, 0.5) is 4.39 Å². The number of rotatable bonds is 6. The molecule has 4 rings (SSSR count). The van der Waals surface area contributed by atoms with Gasteiger partial charge in [0.2, 0.25) is 10.0 Å². The molecule has 1 aromatic heterocycles. The van der Waals surface area contributed by atoms with Crippen molar-refractivity contribution in [2.45, 2.75) is 26.3 Å². The molecule has 33 heavy (non-hydrogen) atoms. The summed E-state index contributed by atoms with van der Waals surface area (Å²) in [7, 11) is -3.89. The molecule has 6 nitrogen and oxygen atoms in total. The SMILES string of the molecule is CCc1ccc2c(c1)c(C1=CC=CCC1=O)c(C(=O)NS(C)(=O)=O)n2Cc1ccccc1F. The second-order valence-electron chi connectivity index (χ2n) is 7.95. The molecule has 0 fully saturated rings. The molecule has 1 aliphatic rings. The second-order valence-corrected chi connectivity index (χ2v) is 9.69. The third kappa shape index (κ3) is 4.52. The van der Waals surface area contributed by atoms with Gasteiger partial charge >= 0.3 is 0 Å². The largest absolute Gasteiger partial charge is 0.331 e. The smallest absolute Gasteiger partial charge is 0.282 e. The molecule has 1 aliphatic carbocycles. The van der Waals surface area contributed by atoms with Gasteiger partial charge in [-0.1, -0.05) is 49.4 Å². The van der Waals surface area contributed by atoms with Gasteiger partial charge in [-0.3, -0.25) is 9.59 Å². The molecule has 170 valence electrons. The van der Waals surface area contributed by atoms with E-state index in [1.165, 1.54) is 6.07 Å². The van der Waals surface area contributed by atoms with E-state index >= 15 is 0 Å². The van der Waals surface area contributed by atoms with Crippen molar-refractivity contribution < 1.29 is 22.4 Å². The first kappa shape index (κ1) is 22.7. The van der Waals surface area contributed by atoms with Crippen molar-refractivity contribution in [3.63, 3.8) is 0 Å². The molecule has 3 aromatic rings. The molecule has 0 radical (unpaired) electrons. The fourth-order valence-electron chi connectivity index (χ4n) is 4.07. The Morgan fingerprint density at radius 3 is 2.61 bits per heavy atom. The van der Waals surface area contributed by atoms with Crippen molar-refractivity contribution in [1.82, 2.24) is 9.29 Å². The van der Waals surface area contributed by atoms with Gasteiger partial charge in [0.15, 0.2) is 5.78 Å². The van der Waals surface area contributed by atoms with Gasteiger partial charge in [0.05, 0.1) is 12.8 Å². The summed E-state index contributed by atoms with van der Waals surface area (Å²) in [6, 6.07) is 11.8. The number of nitrogens with one attached hydrogen (secondary N) is 1. The molecule has 0 atom stereocenters. The van der Waals surface area contributed by atoms with Crippen LogP contribution in [0.5, 0.6) is 0 Å². The predicted octanol–water partition coefficient (Wildman–Crippen LogP) is 3.99. The third-order valence-electron chi connectivity index (χ3n) is 5.59. The number of amides is 1. The zero-order chi connectivity index (χ0) is 23.8. The van der Waals surface area contributed by atoms with E-state index in [1.807, 2.05) is 29.8 Å². The highest BCUT2D eigenvalue weighted by atomic mass is 32.2. The van der Waals surface area contributed by atoms with E-state index in [2.05, 4.69) is 0 Å². The normalized spacial score (nSPS) is 13.9. The number of benzene rings is 2. The van der Waals surface area contributed by atoms with Crippen LogP contribution in [0, 0.1) is 5.82 Å². The van der Waals surface area contributed by atoms with Crippen LogP contribution in [0.3, 0.4) is 0 Å². The highest BCUT2D eigenvalue weighted by Crippen LogP contribution is 2.36. The highest BCUT2D eigenvalue weighted by Gasteiger charge is 2.29. The van der Waals surface area contributed by atoms with E-state index in [4.69, 9.17) is 0 Å². The number of sulfonamides is 1. The summed E-state index contributed by atoms with van der Waals surface area (Å²) < 4.78 is 42.0. The molecular formula is C25H23FN2O4S. The summed E-state index contributed by atoms with van der Waals surface area (Å²) >= 11 is 0. The molecule has 8 heteroatoms. The number of halogens is 1. The van der Waals surface area contributed by atoms with E-state index in [1.54, 1.807) is 41.0 Å². The number of fused-ring (bicyclic) bond motifs is 1. The molecule has 0 saturated carbocycles. The lowest BCUT2D eigenvalue weighted by molar-refractivity contribution is -0.113. The standard InChI is InChI=1S/C25H23FN2O4S/c1-3-16-12-13-21-19(14-16)23(18-9-5-7-11-22(18)29)24(25(30)27-33(2,31)32)28(21)15-17-8-4-6-10-20(17)26/h4-10,12-14H,3,11,15H2,1-2H3,(H,27,30). The zero-order valence-corrected chi connectivity index (χ0v) is 19.1. The molecule has 1 heterocycles. The van der Waals surface area contributed by atoms with Crippen molar-refractivity contribution in [3.8, 4) is 0 Å². The molecule has 0 bridgehead atoms. The monoisotopic (exact) mass is 466 g/mol. The van der Waals surface area contributed by atoms with Crippen LogP contribution in [-0.2, 0) is 27.8 Å². The van der Waals surface area contributed by atoms with Crippen LogP contribution in [-0.4, -0.2) is 30.9 Å². The Morgan fingerprint density at radius 2 is 1.94 bits per heavy atom. The average Bonchev–Trinajstić information content (AvgIpc) is 3.08. The van der Waals surface area contributed by atoms with Crippen molar-refractivity contribution in [2.24, 2.45) is 0 Å². The average molecular weight is 467 g/mol. The zero-order valence-electron chi connectivity index (χ0n) is 18.3. The van der Waals surface area contributed by atoms with Crippen molar-refractivity contribution in [1.29, 1.82) is 0 Å². The van der Waals surface area contributed by atoms with E-state index in [-0.39, 0.29) is 24.4 Å². The lowest BCUT2D eigenvalue weighted by Gasteiger charge is -2.14. The quantitative estimate of drug-likeness (QED) is 0.595. The molecule has 1 N–H and O–H groups in total. The lowest BCUT2D eigenvalue weighted by Crippen LogP contribution is -2.32. The van der Waals surface area contributed by atoms with Gasteiger partial charge in [-0.15, -0.1) is 0 Å². The Bertz CT molecular complexity index is 1450. The number of aromatic nitrogens is 1. The summed E-state index contributed by atoms with van der Waals surface area (Å²) in [6.07, 6.45) is 6.87. The minimum absolute atomic E-state index is 0.00170. The first-order chi connectivity index (χ1) is 15.7. The number of aryl methyl sites for hydroxylation is 1. The van der Waals surface area contributed by atoms with Gasteiger partial charge in [-0.25, -0.2) is 17.5 Å². The van der Waals surface area contributed by atoms with E-state index in [9.17, 15) is 22.4 Å². The summed E-state index contributed by atoms with van der Waals surface area (Å²) in [5.41, 5.74) is 2.60. The Morgan fingerprint density at radius 1 is 1.18 bits per heavy atom. The van der Waals surface area contributed by atoms with E-state index < -0.39 is 21.7 Å². The molecule has 0 saturated heterocycles. The van der Waals surface area contributed by atoms with Gasteiger partial charge in [0.25, 0.3) is 5.91 Å². The Hall–Kier alpha value is -3.52. The lowest BCUT2D eigenvalue weighted by atomic mass is 9.93. The number of carbonyl (C=O) groups excluding carboxylic acids is 2. The van der Waals surface area contributed by atoms with Gasteiger partial charge in [0.1, 0.15) is 11.5 Å². The number of hydrogen-bond donors (Lipinski definition) is 1.